The van der Waals surface area contributed by atoms with Gasteiger partial charge in [0, 0.05) is 47.6 Å². The fourth-order valence-electron chi connectivity index (χ4n) is 6.09. The summed E-state index contributed by atoms with van der Waals surface area (Å²) >= 11 is 1.78. The van der Waals surface area contributed by atoms with Crippen molar-refractivity contribution < 1.29 is 4.42 Å². The standard InChI is InChI=1S/C39H23N3OS/c1-3-11-24(12-4-1)37-40-38(25-13-5-2-6-14-25)42-39(41-37)31-18-9-17-30-35-27(16-10-20-34(35)44-36(30)31)26-21-22-29-28-15-7-8-19-32(28)43-33(29)23-26/h1-23H. The molecule has 4 nitrogen and oxygen atoms in total. The van der Waals surface area contributed by atoms with Gasteiger partial charge in [0.05, 0.1) is 0 Å². The number of para-hydroxylation sites is 1. The molecule has 0 saturated carbocycles. The Morgan fingerprint density at radius 3 is 1.82 bits per heavy atom. The second kappa shape index (κ2) is 9.97. The molecule has 6 aromatic carbocycles. The Kier molecular flexibility index (Phi) is 5.64. The van der Waals surface area contributed by atoms with Crippen LogP contribution in [0.25, 0.3) is 87.4 Å². The van der Waals surface area contributed by atoms with Crippen LogP contribution < -0.4 is 0 Å². The Labute approximate surface area is 256 Å². The summed E-state index contributed by atoms with van der Waals surface area (Å²) in [6.45, 7) is 0. The zero-order valence-corrected chi connectivity index (χ0v) is 24.3. The van der Waals surface area contributed by atoms with Gasteiger partial charge in [0.15, 0.2) is 17.5 Å². The quantitative estimate of drug-likeness (QED) is 0.207. The molecule has 0 saturated heterocycles. The van der Waals surface area contributed by atoms with Crippen LogP contribution in [0.4, 0.5) is 0 Å². The maximum Gasteiger partial charge on any atom is 0.165 e. The van der Waals surface area contributed by atoms with Crippen LogP contribution in [0.5, 0.6) is 0 Å². The van der Waals surface area contributed by atoms with Crippen molar-refractivity contribution in [1.82, 2.24) is 15.0 Å². The van der Waals surface area contributed by atoms with Crippen LogP contribution in [0.15, 0.2) is 144 Å². The Bertz CT molecular complexity index is 2440. The lowest BCUT2D eigenvalue weighted by atomic mass is 9.97. The van der Waals surface area contributed by atoms with Crippen LogP contribution >= 0.6 is 11.3 Å². The van der Waals surface area contributed by atoms with Crippen molar-refractivity contribution in [3.8, 4) is 45.3 Å². The van der Waals surface area contributed by atoms with Crippen LogP contribution in [0.3, 0.4) is 0 Å². The molecule has 0 aliphatic heterocycles. The molecule has 0 bridgehead atoms. The summed E-state index contributed by atoms with van der Waals surface area (Å²) in [7, 11) is 0. The minimum absolute atomic E-state index is 0.660. The molecule has 3 heterocycles. The third-order valence-corrected chi connectivity index (χ3v) is 9.36. The first-order chi connectivity index (χ1) is 21.8. The molecule has 44 heavy (non-hydrogen) atoms. The fourth-order valence-corrected chi connectivity index (χ4v) is 7.32. The van der Waals surface area contributed by atoms with Crippen LogP contribution in [0, 0.1) is 0 Å². The number of rotatable bonds is 4. The van der Waals surface area contributed by atoms with Crippen molar-refractivity contribution in [3.05, 3.63) is 140 Å². The molecule has 206 valence electrons. The molecule has 9 rings (SSSR count). The minimum Gasteiger partial charge on any atom is -0.456 e. The average molecular weight is 582 g/mol. The largest absolute Gasteiger partial charge is 0.456 e. The first-order valence-electron chi connectivity index (χ1n) is 14.5. The number of hydrogen-bond donors (Lipinski definition) is 0. The van der Waals surface area contributed by atoms with Gasteiger partial charge in [-0.3, -0.25) is 0 Å². The van der Waals surface area contributed by atoms with Gasteiger partial charge in [-0.25, -0.2) is 15.0 Å². The second-order valence-corrected chi connectivity index (χ2v) is 11.9. The number of nitrogens with zero attached hydrogens (tertiary/aromatic N) is 3. The van der Waals surface area contributed by atoms with Gasteiger partial charge in [0.2, 0.25) is 0 Å². The number of aromatic nitrogens is 3. The SMILES string of the molecule is c1ccc(-c2nc(-c3ccccc3)nc(-c3cccc4c3sc3cccc(-c5ccc6c(c5)oc5ccccc56)c34)n2)cc1. The first-order valence-corrected chi connectivity index (χ1v) is 15.3. The van der Waals surface area contributed by atoms with Gasteiger partial charge < -0.3 is 4.42 Å². The van der Waals surface area contributed by atoms with Gasteiger partial charge in [-0.15, -0.1) is 11.3 Å². The van der Waals surface area contributed by atoms with Gasteiger partial charge in [-0.2, -0.15) is 0 Å². The van der Waals surface area contributed by atoms with E-state index in [1.54, 1.807) is 11.3 Å². The molecule has 9 aromatic rings. The Morgan fingerprint density at radius 1 is 0.432 bits per heavy atom. The van der Waals surface area contributed by atoms with Gasteiger partial charge in [0.1, 0.15) is 11.2 Å². The van der Waals surface area contributed by atoms with E-state index in [-0.39, 0.29) is 0 Å². The highest BCUT2D eigenvalue weighted by molar-refractivity contribution is 7.26. The monoisotopic (exact) mass is 581 g/mol. The van der Waals surface area contributed by atoms with Crippen LogP contribution in [-0.4, -0.2) is 15.0 Å². The van der Waals surface area contributed by atoms with Gasteiger partial charge in [-0.05, 0) is 41.5 Å². The summed E-state index contributed by atoms with van der Waals surface area (Å²) in [6, 6.07) is 48.0. The van der Waals surface area contributed by atoms with Crippen LogP contribution in [0.2, 0.25) is 0 Å². The van der Waals surface area contributed by atoms with E-state index < -0.39 is 0 Å². The van der Waals surface area contributed by atoms with Crippen LogP contribution in [-0.2, 0) is 0 Å². The number of hydrogen-bond acceptors (Lipinski definition) is 5. The van der Waals surface area contributed by atoms with E-state index in [0.29, 0.717) is 17.5 Å². The molecule has 0 aliphatic rings. The summed E-state index contributed by atoms with van der Waals surface area (Å²) in [6.07, 6.45) is 0. The van der Waals surface area contributed by atoms with Crippen molar-refractivity contribution in [3.63, 3.8) is 0 Å². The Balaban J connectivity index is 1.26. The van der Waals surface area contributed by atoms with E-state index in [0.717, 1.165) is 48.9 Å². The van der Waals surface area contributed by atoms with Gasteiger partial charge in [0.25, 0.3) is 0 Å². The lowest BCUT2D eigenvalue weighted by molar-refractivity contribution is 0.669. The van der Waals surface area contributed by atoms with E-state index in [4.69, 9.17) is 19.4 Å². The van der Waals surface area contributed by atoms with Crippen molar-refractivity contribution in [1.29, 1.82) is 0 Å². The highest BCUT2D eigenvalue weighted by Crippen LogP contribution is 2.44. The van der Waals surface area contributed by atoms with Crippen molar-refractivity contribution >= 4 is 53.4 Å². The zero-order valence-electron chi connectivity index (χ0n) is 23.4. The molecule has 0 N–H and O–H groups in total. The topological polar surface area (TPSA) is 51.8 Å². The molecule has 0 spiro atoms. The summed E-state index contributed by atoms with van der Waals surface area (Å²) < 4.78 is 8.62. The zero-order chi connectivity index (χ0) is 29.0. The molecule has 0 radical (unpaired) electrons. The smallest absolute Gasteiger partial charge is 0.165 e. The summed E-state index contributed by atoms with van der Waals surface area (Å²) in [5.41, 5.74) is 7.03. The van der Waals surface area contributed by atoms with Gasteiger partial charge in [-0.1, -0.05) is 109 Å². The molecule has 0 atom stereocenters. The van der Waals surface area contributed by atoms with Crippen molar-refractivity contribution in [2.75, 3.05) is 0 Å². The number of fused-ring (bicyclic) bond motifs is 6. The molecular formula is C39H23N3OS. The number of thiophene rings is 1. The maximum atomic E-state index is 6.25. The van der Waals surface area contributed by atoms with Crippen molar-refractivity contribution in [2.24, 2.45) is 0 Å². The van der Waals surface area contributed by atoms with Crippen LogP contribution in [0.1, 0.15) is 0 Å². The third-order valence-electron chi connectivity index (χ3n) is 8.15. The lowest BCUT2D eigenvalue weighted by Crippen LogP contribution is -2.00. The molecule has 0 unspecified atom stereocenters. The van der Waals surface area contributed by atoms with E-state index in [1.807, 2.05) is 72.8 Å². The number of benzene rings is 6. The summed E-state index contributed by atoms with van der Waals surface area (Å²) in [5, 5.41) is 4.68. The predicted molar refractivity (Wildman–Crippen MR) is 182 cm³/mol. The first kappa shape index (κ1) is 24.9. The van der Waals surface area contributed by atoms with E-state index in [2.05, 4.69) is 66.7 Å². The molecule has 3 aromatic heterocycles. The average Bonchev–Trinajstić information content (AvgIpc) is 3.67. The lowest BCUT2D eigenvalue weighted by Gasteiger charge is -2.09. The summed E-state index contributed by atoms with van der Waals surface area (Å²) in [5.74, 6) is 1.99. The maximum absolute atomic E-state index is 6.25. The third kappa shape index (κ3) is 4.02. The Hall–Kier alpha value is -5.65. The molecular weight excluding hydrogens is 559 g/mol. The highest BCUT2D eigenvalue weighted by Gasteiger charge is 2.18. The second-order valence-electron chi connectivity index (χ2n) is 10.8. The van der Waals surface area contributed by atoms with E-state index >= 15 is 0 Å². The molecule has 0 amide bonds. The molecule has 0 aliphatic carbocycles. The summed E-state index contributed by atoms with van der Waals surface area (Å²) in [4.78, 5) is 14.9. The number of furan rings is 1. The molecule has 5 heteroatoms. The van der Waals surface area contributed by atoms with E-state index in [9.17, 15) is 0 Å². The minimum atomic E-state index is 0.660. The van der Waals surface area contributed by atoms with E-state index in [1.165, 1.54) is 21.0 Å². The van der Waals surface area contributed by atoms with Crippen molar-refractivity contribution in [2.45, 2.75) is 0 Å². The van der Waals surface area contributed by atoms with Gasteiger partial charge >= 0.3 is 0 Å². The highest BCUT2D eigenvalue weighted by atomic mass is 32.1. The Morgan fingerprint density at radius 2 is 1.05 bits per heavy atom. The normalized spacial score (nSPS) is 11.6. The fraction of sp³-hybridized carbons (Fsp3) is 0. The molecule has 0 fully saturated rings. The predicted octanol–water partition coefficient (Wildman–Crippen LogP) is 10.8.